The standard InChI is InChI=1S/C20H23N3O2/c1-2-5-19(24)22-17-10-8-16(9-11-17)21-14-20(25)23-13-12-15-6-3-4-7-18(15)23/h3-4,6-11,21H,2,5,12-14H2,1H3,(H,22,24). The van der Waals surface area contributed by atoms with E-state index in [4.69, 9.17) is 0 Å². The van der Waals surface area contributed by atoms with Crippen LogP contribution in [0, 0.1) is 0 Å². The van der Waals surface area contributed by atoms with Gasteiger partial charge in [-0.05, 0) is 48.7 Å². The Morgan fingerprint density at radius 3 is 2.52 bits per heavy atom. The van der Waals surface area contributed by atoms with Crippen LogP contribution in [0.25, 0.3) is 0 Å². The van der Waals surface area contributed by atoms with Crippen LogP contribution in [0.1, 0.15) is 25.3 Å². The number of hydrogen-bond acceptors (Lipinski definition) is 3. The van der Waals surface area contributed by atoms with Gasteiger partial charge in [0.25, 0.3) is 0 Å². The van der Waals surface area contributed by atoms with E-state index >= 15 is 0 Å². The van der Waals surface area contributed by atoms with E-state index < -0.39 is 0 Å². The minimum Gasteiger partial charge on any atom is -0.376 e. The fourth-order valence-corrected chi connectivity index (χ4v) is 2.99. The van der Waals surface area contributed by atoms with Gasteiger partial charge in [-0.1, -0.05) is 25.1 Å². The largest absolute Gasteiger partial charge is 0.376 e. The average Bonchev–Trinajstić information content (AvgIpc) is 3.05. The van der Waals surface area contributed by atoms with E-state index in [0.717, 1.165) is 36.4 Å². The molecule has 0 bridgehead atoms. The van der Waals surface area contributed by atoms with Gasteiger partial charge in [-0.3, -0.25) is 9.59 Å². The van der Waals surface area contributed by atoms with Crippen LogP contribution < -0.4 is 15.5 Å². The molecule has 3 rings (SSSR count). The number of benzene rings is 2. The smallest absolute Gasteiger partial charge is 0.246 e. The Labute approximate surface area is 148 Å². The zero-order valence-corrected chi connectivity index (χ0v) is 14.4. The fourth-order valence-electron chi connectivity index (χ4n) is 2.99. The van der Waals surface area contributed by atoms with Crippen LogP contribution in [0.3, 0.4) is 0 Å². The summed E-state index contributed by atoms with van der Waals surface area (Å²) in [7, 11) is 0. The average molecular weight is 337 g/mol. The molecule has 0 aromatic heterocycles. The van der Waals surface area contributed by atoms with Crippen molar-refractivity contribution in [3.8, 4) is 0 Å². The van der Waals surface area contributed by atoms with E-state index in [2.05, 4.69) is 16.7 Å². The van der Waals surface area contributed by atoms with Crippen molar-refractivity contribution in [2.75, 3.05) is 28.6 Å². The van der Waals surface area contributed by atoms with Gasteiger partial charge in [0.2, 0.25) is 11.8 Å². The van der Waals surface area contributed by atoms with Crippen molar-refractivity contribution in [3.63, 3.8) is 0 Å². The molecule has 0 saturated heterocycles. The van der Waals surface area contributed by atoms with Crippen molar-refractivity contribution in [1.29, 1.82) is 0 Å². The molecular formula is C20H23N3O2. The third kappa shape index (κ3) is 4.18. The van der Waals surface area contributed by atoms with E-state index in [1.165, 1.54) is 5.56 Å². The Hall–Kier alpha value is -2.82. The number of fused-ring (bicyclic) bond motifs is 1. The lowest BCUT2D eigenvalue weighted by Gasteiger charge is -2.18. The van der Waals surface area contributed by atoms with E-state index in [1.54, 1.807) is 0 Å². The highest BCUT2D eigenvalue weighted by molar-refractivity contribution is 5.98. The first-order chi connectivity index (χ1) is 12.2. The molecule has 1 aliphatic rings. The maximum atomic E-state index is 12.5. The molecule has 5 nitrogen and oxygen atoms in total. The number of nitrogens with zero attached hydrogens (tertiary/aromatic N) is 1. The Bertz CT molecular complexity index is 756. The summed E-state index contributed by atoms with van der Waals surface area (Å²) >= 11 is 0. The summed E-state index contributed by atoms with van der Waals surface area (Å²) in [6, 6.07) is 15.4. The molecule has 2 aromatic carbocycles. The van der Waals surface area contributed by atoms with Gasteiger partial charge >= 0.3 is 0 Å². The van der Waals surface area contributed by atoms with Gasteiger partial charge in [-0.15, -0.1) is 0 Å². The number of amides is 2. The summed E-state index contributed by atoms with van der Waals surface area (Å²) in [5.41, 5.74) is 3.87. The van der Waals surface area contributed by atoms with Crippen molar-refractivity contribution in [3.05, 3.63) is 54.1 Å². The number of nitrogens with one attached hydrogen (secondary N) is 2. The normalized spacial score (nSPS) is 12.6. The second kappa shape index (κ2) is 7.83. The topological polar surface area (TPSA) is 61.4 Å². The third-order valence-corrected chi connectivity index (χ3v) is 4.28. The molecule has 1 aliphatic heterocycles. The number of anilines is 3. The highest BCUT2D eigenvalue weighted by atomic mass is 16.2. The van der Waals surface area contributed by atoms with Crippen molar-refractivity contribution in [2.24, 2.45) is 0 Å². The van der Waals surface area contributed by atoms with E-state index in [0.29, 0.717) is 6.42 Å². The van der Waals surface area contributed by atoms with Crippen LogP contribution >= 0.6 is 0 Å². The van der Waals surface area contributed by atoms with Crippen LogP contribution in [0.5, 0.6) is 0 Å². The summed E-state index contributed by atoms with van der Waals surface area (Å²) in [5, 5.41) is 6.00. The number of hydrogen-bond donors (Lipinski definition) is 2. The van der Waals surface area contributed by atoms with Gasteiger partial charge in [-0.2, -0.15) is 0 Å². The minimum atomic E-state index is 0.0195. The molecule has 0 fully saturated rings. The molecule has 2 N–H and O–H groups in total. The first-order valence-corrected chi connectivity index (χ1v) is 8.69. The van der Waals surface area contributed by atoms with Gasteiger partial charge in [0.15, 0.2) is 0 Å². The Morgan fingerprint density at radius 1 is 1.04 bits per heavy atom. The van der Waals surface area contributed by atoms with Crippen LogP contribution in [-0.4, -0.2) is 24.9 Å². The molecule has 5 heteroatoms. The summed E-state index contributed by atoms with van der Waals surface area (Å²) in [4.78, 5) is 25.9. The predicted octanol–water partition coefficient (Wildman–Crippen LogP) is 3.43. The van der Waals surface area contributed by atoms with Gasteiger partial charge in [0.1, 0.15) is 0 Å². The highest BCUT2D eigenvalue weighted by Crippen LogP contribution is 2.27. The molecule has 0 spiro atoms. The lowest BCUT2D eigenvalue weighted by molar-refractivity contribution is -0.117. The minimum absolute atomic E-state index is 0.0195. The van der Waals surface area contributed by atoms with Crippen molar-refractivity contribution < 1.29 is 9.59 Å². The number of carbonyl (C=O) groups excluding carboxylic acids is 2. The van der Waals surface area contributed by atoms with Gasteiger partial charge < -0.3 is 15.5 Å². The second-order valence-corrected chi connectivity index (χ2v) is 6.15. The molecule has 25 heavy (non-hydrogen) atoms. The van der Waals surface area contributed by atoms with Crippen molar-refractivity contribution >= 4 is 28.9 Å². The predicted molar refractivity (Wildman–Crippen MR) is 101 cm³/mol. The Morgan fingerprint density at radius 2 is 1.76 bits per heavy atom. The SMILES string of the molecule is CCCC(=O)Nc1ccc(NCC(=O)N2CCc3ccccc32)cc1. The van der Waals surface area contributed by atoms with Crippen LogP contribution in [0.15, 0.2) is 48.5 Å². The highest BCUT2D eigenvalue weighted by Gasteiger charge is 2.23. The van der Waals surface area contributed by atoms with Crippen LogP contribution in [0.4, 0.5) is 17.1 Å². The summed E-state index contributed by atoms with van der Waals surface area (Å²) in [6.07, 6.45) is 2.26. The van der Waals surface area contributed by atoms with Crippen LogP contribution in [0.2, 0.25) is 0 Å². The monoisotopic (exact) mass is 337 g/mol. The molecule has 0 saturated carbocycles. The zero-order chi connectivity index (χ0) is 17.6. The lowest BCUT2D eigenvalue weighted by atomic mass is 10.2. The van der Waals surface area contributed by atoms with Gasteiger partial charge in [0, 0.05) is 30.0 Å². The van der Waals surface area contributed by atoms with Crippen molar-refractivity contribution in [2.45, 2.75) is 26.2 Å². The molecule has 2 amide bonds. The quantitative estimate of drug-likeness (QED) is 0.849. The molecule has 0 atom stereocenters. The fraction of sp³-hybridized carbons (Fsp3) is 0.300. The molecule has 0 radical (unpaired) electrons. The third-order valence-electron chi connectivity index (χ3n) is 4.28. The number of para-hydroxylation sites is 1. The first-order valence-electron chi connectivity index (χ1n) is 8.69. The van der Waals surface area contributed by atoms with Crippen molar-refractivity contribution in [1.82, 2.24) is 0 Å². The molecule has 130 valence electrons. The van der Waals surface area contributed by atoms with Gasteiger partial charge in [0.05, 0.1) is 6.54 Å². The molecule has 0 aliphatic carbocycles. The maximum absolute atomic E-state index is 12.5. The zero-order valence-electron chi connectivity index (χ0n) is 14.4. The Balaban J connectivity index is 1.54. The van der Waals surface area contributed by atoms with E-state index in [-0.39, 0.29) is 18.4 Å². The first kappa shape index (κ1) is 17.0. The molecule has 2 aromatic rings. The lowest BCUT2D eigenvalue weighted by Crippen LogP contribution is -2.34. The van der Waals surface area contributed by atoms with Gasteiger partial charge in [-0.25, -0.2) is 0 Å². The van der Waals surface area contributed by atoms with E-state index in [9.17, 15) is 9.59 Å². The summed E-state index contributed by atoms with van der Waals surface area (Å²) < 4.78 is 0. The summed E-state index contributed by atoms with van der Waals surface area (Å²) in [5.74, 6) is 0.0800. The van der Waals surface area contributed by atoms with E-state index in [1.807, 2.05) is 54.3 Å². The molecule has 1 heterocycles. The summed E-state index contributed by atoms with van der Waals surface area (Å²) in [6.45, 7) is 2.96. The number of rotatable bonds is 6. The second-order valence-electron chi connectivity index (χ2n) is 6.15. The van der Waals surface area contributed by atoms with Crippen LogP contribution in [-0.2, 0) is 16.0 Å². The Kier molecular flexibility index (Phi) is 5.33. The maximum Gasteiger partial charge on any atom is 0.246 e. The molecule has 0 unspecified atom stereocenters. The number of carbonyl (C=O) groups is 2. The molecular weight excluding hydrogens is 314 g/mol.